The topological polar surface area (TPSA) is 55.1 Å². The third kappa shape index (κ3) is 3.91. The second-order valence-corrected chi connectivity index (χ2v) is 5.00. The lowest BCUT2D eigenvalue weighted by Crippen LogP contribution is -2.38. The lowest BCUT2D eigenvalue weighted by molar-refractivity contribution is -0.125. The number of carbonyl (C=O) groups is 1. The van der Waals surface area contributed by atoms with Gasteiger partial charge in [0.1, 0.15) is 5.82 Å². The summed E-state index contributed by atoms with van der Waals surface area (Å²) in [4.78, 5) is 11.9. The van der Waals surface area contributed by atoms with Crippen LogP contribution in [-0.4, -0.2) is 11.9 Å². The predicted molar refractivity (Wildman–Crippen MR) is 75.5 cm³/mol. The molecule has 0 heterocycles. The highest BCUT2D eigenvalue weighted by Gasteiger charge is 2.29. The van der Waals surface area contributed by atoms with Crippen LogP contribution < -0.4 is 11.1 Å². The van der Waals surface area contributed by atoms with E-state index in [0.717, 1.165) is 24.8 Å². The Balaban J connectivity index is 0.00000180. The molecule has 1 fully saturated rings. The minimum Gasteiger partial charge on any atom is -0.352 e. The quantitative estimate of drug-likeness (QED) is 0.896. The van der Waals surface area contributed by atoms with Crippen LogP contribution in [0.5, 0.6) is 0 Å². The van der Waals surface area contributed by atoms with E-state index in [-0.39, 0.29) is 36.1 Å². The number of halogens is 2. The fourth-order valence-corrected chi connectivity index (χ4v) is 2.38. The summed E-state index contributed by atoms with van der Waals surface area (Å²) in [6.45, 7) is 2.08. The number of carbonyl (C=O) groups excluding carboxylic acids is 1. The first-order chi connectivity index (χ1) is 8.58. The van der Waals surface area contributed by atoms with Crippen molar-refractivity contribution in [3.05, 3.63) is 35.1 Å². The van der Waals surface area contributed by atoms with E-state index in [4.69, 9.17) is 5.73 Å². The molecule has 0 aromatic heterocycles. The van der Waals surface area contributed by atoms with E-state index in [2.05, 4.69) is 5.32 Å². The van der Waals surface area contributed by atoms with Crippen molar-refractivity contribution >= 4 is 18.3 Å². The molecule has 0 aliphatic heterocycles. The maximum atomic E-state index is 13.3. The van der Waals surface area contributed by atoms with Crippen molar-refractivity contribution in [3.63, 3.8) is 0 Å². The van der Waals surface area contributed by atoms with Crippen molar-refractivity contribution in [1.29, 1.82) is 0 Å². The summed E-state index contributed by atoms with van der Waals surface area (Å²) in [6, 6.07) is 4.98. The average Bonchev–Trinajstić information content (AvgIpc) is 2.77. The first-order valence-electron chi connectivity index (χ1n) is 6.36. The van der Waals surface area contributed by atoms with Crippen LogP contribution in [0.25, 0.3) is 0 Å². The van der Waals surface area contributed by atoms with Crippen LogP contribution in [0, 0.1) is 18.7 Å². The molecule has 2 rings (SSSR count). The Morgan fingerprint density at radius 2 is 2.21 bits per heavy atom. The number of hydrogen-bond donors (Lipinski definition) is 2. The molecule has 1 aromatic carbocycles. The molecule has 1 aliphatic rings. The third-order valence-electron chi connectivity index (χ3n) is 3.61. The Bertz CT molecular complexity index is 453. The first-order valence-corrected chi connectivity index (χ1v) is 6.36. The molecule has 2 unspecified atom stereocenters. The molecule has 0 saturated heterocycles. The van der Waals surface area contributed by atoms with Gasteiger partial charge in [0.2, 0.25) is 5.91 Å². The molecule has 106 valence electrons. The van der Waals surface area contributed by atoms with Crippen molar-refractivity contribution in [1.82, 2.24) is 5.32 Å². The molecule has 5 heteroatoms. The Kier molecular flexibility index (Phi) is 5.76. The number of nitrogens with one attached hydrogen (secondary N) is 1. The highest BCUT2D eigenvalue weighted by Crippen LogP contribution is 2.24. The van der Waals surface area contributed by atoms with E-state index >= 15 is 0 Å². The van der Waals surface area contributed by atoms with Gasteiger partial charge in [-0.1, -0.05) is 18.6 Å². The molecule has 0 spiro atoms. The normalized spacial score (nSPS) is 21.8. The van der Waals surface area contributed by atoms with Crippen LogP contribution in [-0.2, 0) is 11.3 Å². The van der Waals surface area contributed by atoms with Crippen molar-refractivity contribution in [2.24, 2.45) is 11.7 Å². The smallest absolute Gasteiger partial charge is 0.224 e. The zero-order valence-corrected chi connectivity index (χ0v) is 11.8. The molecule has 1 amide bonds. The molecular formula is C14H20ClFN2O. The molecule has 0 radical (unpaired) electrons. The van der Waals surface area contributed by atoms with Gasteiger partial charge in [-0.25, -0.2) is 4.39 Å². The lowest BCUT2D eigenvalue weighted by Gasteiger charge is -2.15. The summed E-state index contributed by atoms with van der Waals surface area (Å²) in [7, 11) is 0. The lowest BCUT2D eigenvalue weighted by atomic mass is 10.0. The molecule has 1 aliphatic carbocycles. The van der Waals surface area contributed by atoms with Gasteiger partial charge in [0, 0.05) is 12.6 Å². The van der Waals surface area contributed by atoms with Crippen molar-refractivity contribution < 1.29 is 9.18 Å². The van der Waals surface area contributed by atoms with E-state index in [0.29, 0.717) is 12.1 Å². The van der Waals surface area contributed by atoms with Crippen LogP contribution in [0.3, 0.4) is 0 Å². The molecular weight excluding hydrogens is 267 g/mol. The maximum Gasteiger partial charge on any atom is 0.224 e. The van der Waals surface area contributed by atoms with Gasteiger partial charge in [0.25, 0.3) is 0 Å². The van der Waals surface area contributed by atoms with Crippen LogP contribution >= 0.6 is 12.4 Å². The van der Waals surface area contributed by atoms with Gasteiger partial charge in [0.15, 0.2) is 0 Å². The van der Waals surface area contributed by atoms with Gasteiger partial charge in [-0.2, -0.15) is 0 Å². The molecule has 19 heavy (non-hydrogen) atoms. The largest absolute Gasteiger partial charge is 0.352 e. The average molecular weight is 287 g/mol. The third-order valence-corrected chi connectivity index (χ3v) is 3.61. The first kappa shape index (κ1) is 15.9. The standard InChI is InChI=1S/C14H19FN2O.ClH/c1-9-5-6-10(7-12(9)15)8-17-14(18)11-3-2-4-13(11)16;/h5-7,11,13H,2-4,8,16H2,1H3,(H,17,18);1H. The summed E-state index contributed by atoms with van der Waals surface area (Å²) in [5.74, 6) is -0.333. The number of rotatable bonds is 3. The van der Waals surface area contributed by atoms with Gasteiger partial charge >= 0.3 is 0 Å². The number of nitrogens with two attached hydrogens (primary N) is 1. The van der Waals surface area contributed by atoms with Crippen molar-refractivity contribution in [2.75, 3.05) is 0 Å². The fourth-order valence-electron chi connectivity index (χ4n) is 2.38. The predicted octanol–water partition coefficient (Wildman–Crippen LogP) is 2.30. The van der Waals surface area contributed by atoms with E-state index in [1.54, 1.807) is 13.0 Å². The van der Waals surface area contributed by atoms with Gasteiger partial charge in [0.05, 0.1) is 5.92 Å². The molecule has 0 bridgehead atoms. The zero-order valence-electron chi connectivity index (χ0n) is 11.0. The highest BCUT2D eigenvalue weighted by atomic mass is 35.5. The molecule has 2 atom stereocenters. The fraction of sp³-hybridized carbons (Fsp3) is 0.500. The summed E-state index contributed by atoms with van der Waals surface area (Å²) in [6.07, 6.45) is 2.78. The van der Waals surface area contributed by atoms with Gasteiger partial charge < -0.3 is 11.1 Å². The molecule has 1 aromatic rings. The molecule has 3 N–H and O–H groups in total. The van der Waals surface area contributed by atoms with Gasteiger partial charge in [-0.15, -0.1) is 12.4 Å². The Hall–Kier alpha value is -1.13. The highest BCUT2D eigenvalue weighted by molar-refractivity contribution is 5.85. The summed E-state index contributed by atoms with van der Waals surface area (Å²) in [5.41, 5.74) is 7.26. The van der Waals surface area contributed by atoms with Crippen LogP contribution in [0.1, 0.15) is 30.4 Å². The van der Waals surface area contributed by atoms with Crippen molar-refractivity contribution in [2.45, 2.75) is 38.8 Å². The van der Waals surface area contributed by atoms with E-state index in [1.807, 2.05) is 6.07 Å². The number of benzene rings is 1. The number of amides is 1. The van der Waals surface area contributed by atoms with Crippen LogP contribution in [0.15, 0.2) is 18.2 Å². The summed E-state index contributed by atoms with van der Waals surface area (Å²) >= 11 is 0. The molecule has 1 saturated carbocycles. The number of aryl methyl sites for hydroxylation is 1. The summed E-state index contributed by atoms with van der Waals surface area (Å²) < 4.78 is 13.3. The molecule has 3 nitrogen and oxygen atoms in total. The van der Waals surface area contributed by atoms with Crippen molar-refractivity contribution in [3.8, 4) is 0 Å². The minimum atomic E-state index is -0.237. The van der Waals surface area contributed by atoms with E-state index in [1.165, 1.54) is 6.07 Å². The Labute approximate surface area is 119 Å². The second-order valence-electron chi connectivity index (χ2n) is 5.00. The Morgan fingerprint density at radius 3 is 2.79 bits per heavy atom. The minimum absolute atomic E-state index is 0. The van der Waals surface area contributed by atoms with Crippen LogP contribution in [0.4, 0.5) is 4.39 Å². The monoisotopic (exact) mass is 286 g/mol. The van der Waals surface area contributed by atoms with E-state index < -0.39 is 0 Å². The van der Waals surface area contributed by atoms with Gasteiger partial charge in [-0.3, -0.25) is 4.79 Å². The zero-order chi connectivity index (χ0) is 13.1. The summed E-state index contributed by atoms with van der Waals surface area (Å²) in [5, 5.41) is 2.83. The van der Waals surface area contributed by atoms with E-state index in [9.17, 15) is 9.18 Å². The number of hydrogen-bond acceptors (Lipinski definition) is 2. The second kappa shape index (κ2) is 6.87. The van der Waals surface area contributed by atoms with Crippen LogP contribution in [0.2, 0.25) is 0 Å². The Morgan fingerprint density at radius 1 is 1.47 bits per heavy atom. The maximum absolute atomic E-state index is 13.3. The van der Waals surface area contributed by atoms with Gasteiger partial charge in [-0.05, 0) is 37.0 Å². The SMILES string of the molecule is Cc1ccc(CNC(=O)C2CCCC2N)cc1F.Cl.